The molecule has 0 aliphatic heterocycles. The molecule has 1 heteroatoms. The Bertz CT molecular complexity index is 596. The smallest absolute Gasteiger partial charge is 0.170 e. The maximum atomic E-state index is 12.6. The van der Waals surface area contributed by atoms with Gasteiger partial charge in [0.2, 0.25) is 0 Å². The minimum Gasteiger partial charge on any atom is -0.293 e. The van der Waals surface area contributed by atoms with Crippen LogP contribution in [0.5, 0.6) is 0 Å². The topological polar surface area (TPSA) is 17.1 Å². The Kier molecular flexibility index (Phi) is 3.28. The lowest BCUT2D eigenvalue weighted by Gasteiger charge is -2.14. The standard InChI is InChI=1S/C18H16O/c19-18(15-10-5-2-6-11-15)17-13-7-12-16(17)14-8-3-1-4-9-14/h1-6,8-12,17H,7,13H2/t17-/m0/s1. The minimum absolute atomic E-state index is 0.0183. The van der Waals surface area contributed by atoms with E-state index in [1.54, 1.807) is 0 Å². The summed E-state index contributed by atoms with van der Waals surface area (Å²) in [6.07, 6.45) is 4.13. The molecule has 94 valence electrons. The van der Waals surface area contributed by atoms with E-state index in [1.165, 1.54) is 11.1 Å². The van der Waals surface area contributed by atoms with Crippen molar-refractivity contribution in [1.29, 1.82) is 0 Å². The van der Waals surface area contributed by atoms with Crippen LogP contribution >= 0.6 is 0 Å². The molecule has 1 aliphatic rings. The predicted molar refractivity (Wildman–Crippen MR) is 77.9 cm³/mol. The lowest BCUT2D eigenvalue weighted by Crippen LogP contribution is -2.13. The molecule has 3 rings (SSSR count). The third kappa shape index (κ3) is 2.37. The summed E-state index contributed by atoms with van der Waals surface area (Å²) in [5.41, 5.74) is 3.18. The van der Waals surface area contributed by atoms with E-state index in [9.17, 15) is 4.79 Å². The van der Waals surface area contributed by atoms with Gasteiger partial charge in [-0.05, 0) is 24.0 Å². The summed E-state index contributed by atoms with van der Waals surface area (Å²) in [5, 5.41) is 0. The van der Waals surface area contributed by atoms with Crippen LogP contribution in [0, 0.1) is 5.92 Å². The van der Waals surface area contributed by atoms with Gasteiger partial charge in [-0.25, -0.2) is 0 Å². The van der Waals surface area contributed by atoms with Crippen LogP contribution in [0.3, 0.4) is 0 Å². The monoisotopic (exact) mass is 248 g/mol. The molecule has 0 radical (unpaired) electrons. The highest BCUT2D eigenvalue weighted by Crippen LogP contribution is 2.35. The van der Waals surface area contributed by atoms with E-state index in [4.69, 9.17) is 0 Å². The van der Waals surface area contributed by atoms with Gasteiger partial charge in [0.15, 0.2) is 5.78 Å². The quantitative estimate of drug-likeness (QED) is 0.737. The van der Waals surface area contributed by atoms with Crippen molar-refractivity contribution >= 4 is 11.4 Å². The normalized spacial score (nSPS) is 18.1. The maximum absolute atomic E-state index is 12.6. The molecule has 2 aromatic carbocycles. The van der Waals surface area contributed by atoms with E-state index in [1.807, 2.05) is 48.5 Å². The zero-order valence-electron chi connectivity index (χ0n) is 10.8. The van der Waals surface area contributed by atoms with Gasteiger partial charge in [0, 0.05) is 11.5 Å². The fourth-order valence-electron chi connectivity index (χ4n) is 2.73. The number of benzene rings is 2. The van der Waals surface area contributed by atoms with Crippen molar-refractivity contribution in [2.75, 3.05) is 0 Å². The third-order valence-electron chi connectivity index (χ3n) is 3.68. The Labute approximate surface area is 113 Å². The molecular weight excluding hydrogens is 232 g/mol. The van der Waals surface area contributed by atoms with Crippen molar-refractivity contribution in [3.05, 3.63) is 77.9 Å². The molecule has 0 amide bonds. The largest absolute Gasteiger partial charge is 0.293 e. The molecule has 0 bridgehead atoms. The maximum Gasteiger partial charge on any atom is 0.170 e. The van der Waals surface area contributed by atoms with Crippen molar-refractivity contribution in [2.45, 2.75) is 12.8 Å². The van der Waals surface area contributed by atoms with Crippen LogP contribution < -0.4 is 0 Å². The number of hydrogen-bond acceptors (Lipinski definition) is 1. The van der Waals surface area contributed by atoms with Crippen LogP contribution in [0.2, 0.25) is 0 Å². The SMILES string of the molecule is O=C(c1ccccc1)[C@H]1CCC=C1c1ccccc1. The van der Waals surface area contributed by atoms with Gasteiger partial charge in [-0.2, -0.15) is 0 Å². The minimum atomic E-state index is 0.0183. The van der Waals surface area contributed by atoms with Gasteiger partial charge >= 0.3 is 0 Å². The Morgan fingerprint density at radius 1 is 0.895 bits per heavy atom. The van der Waals surface area contributed by atoms with Gasteiger partial charge in [0.25, 0.3) is 0 Å². The predicted octanol–water partition coefficient (Wildman–Crippen LogP) is 4.36. The van der Waals surface area contributed by atoms with Crippen LogP contribution in [0.4, 0.5) is 0 Å². The molecule has 1 nitrogen and oxygen atoms in total. The first-order chi connectivity index (χ1) is 9.36. The summed E-state index contributed by atoms with van der Waals surface area (Å²) in [6, 6.07) is 19.8. The number of carbonyl (C=O) groups is 1. The Morgan fingerprint density at radius 3 is 2.21 bits per heavy atom. The Balaban J connectivity index is 1.90. The number of allylic oxidation sites excluding steroid dienone is 2. The summed E-state index contributed by atoms with van der Waals surface area (Å²) >= 11 is 0. The summed E-state index contributed by atoms with van der Waals surface area (Å²) in [4.78, 5) is 12.6. The number of hydrogen-bond donors (Lipinski definition) is 0. The second-order valence-corrected chi connectivity index (χ2v) is 4.89. The molecular formula is C18H16O. The molecule has 0 N–H and O–H groups in total. The molecule has 0 heterocycles. The van der Waals surface area contributed by atoms with Crippen molar-refractivity contribution in [1.82, 2.24) is 0 Å². The zero-order valence-corrected chi connectivity index (χ0v) is 10.8. The highest BCUT2D eigenvalue weighted by Gasteiger charge is 2.27. The van der Waals surface area contributed by atoms with E-state index >= 15 is 0 Å². The zero-order chi connectivity index (χ0) is 13.1. The highest BCUT2D eigenvalue weighted by atomic mass is 16.1. The summed E-state index contributed by atoms with van der Waals surface area (Å²) < 4.78 is 0. The molecule has 2 aromatic rings. The van der Waals surface area contributed by atoms with Crippen LogP contribution in [-0.2, 0) is 0 Å². The molecule has 0 saturated carbocycles. The Hall–Kier alpha value is -2.15. The lowest BCUT2D eigenvalue weighted by atomic mass is 9.88. The van der Waals surface area contributed by atoms with Crippen LogP contribution in [0.1, 0.15) is 28.8 Å². The van der Waals surface area contributed by atoms with Gasteiger partial charge in [0.05, 0.1) is 0 Å². The first-order valence-electron chi connectivity index (χ1n) is 6.71. The summed E-state index contributed by atoms with van der Waals surface area (Å²) in [5.74, 6) is 0.262. The first kappa shape index (κ1) is 11.9. The number of rotatable bonds is 3. The van der Waals surface area contributed by atoms with Crippen LogP contribution in [0.25, 0.3) is 5.57 Å². The van der Waals surface area contributed by atoms with E-state index < -0.39 is 0 Å². The number of carbonyl (C=O) groups excluding carboxylic acids is 1. The average molecular weight is 248 g/mol. The fourth-order valence-corrected chi connectivity index (χ4v) is 2.73. The van der Waals surface area contributed by atoms with Crippen LogP contribution in [-0.4, -0.2) is 5.78 Å². The van der Waals surface area contributed by atoms with Gasteiger partial charge in [-0.3, -0.25) is 4.79 Å². The van der Waals surface area contributed by atoms with Crippen molar-refractivity contribution in [3.8, 4) is 0 Å². The summed E-state index contributed by atoms with van der Waals surface area (Å²) in [6.45, 7) is 0. The molecule has 0 unspecified atom stereocenters. The second-order valence-electron chi connectivity index (χ2n) is 4.89. The van der Waals surface area contributed by atoms with Gasteiger partial charge in [0.1, 0.15) is 0 Å². The molecule has 0 aromatic heterocycles. The van der Waals surface area contributed by atoms with Gasteiger partial charge in [-0.15, -0.1) is 0 Å². The van der Waals surface area contributed by atoms with E-state index in [0.29, 0.717) is 0 Å². The fraction of sp³-hybridized carbons (Fsp3) is 0.167. The number of ketones is 1. The average Bonchev–Trinajstić information content (AvgIpc) is 2.98. The van der Waals surface area contributed by atoms with E-state index in [0.717, 1.165) is 18.4 Å². The molecule has 1 atom stereocenters. The lowest BCUT2D eigenvalue weighted by molar-refractivity contribution is 0.0949. The molecule has 19 heavy (non-hydrogen) atoms. The van der Waals surface area contributed by atoms with E-state index in [-0.39, 0.29) is 11.7 Å². The van der Waals surface area contributed by atoms with Crippen LogP contribution in [0.15, 0.2) is 66.7 Å². The third-order valence-corrected chi connectivity index (χ3v) is 3.68. The van der Waals surface area contributed by atoms with Gasteiger partial charge in [-0.1, -0.05) is 66.7 Å². The van der Waals surface area contributed by atoms with Gasteiger partial charge < -0.3 is 0 Å². The second kappa shape index (κ2) is 5.23. The molecule has 0 spiro atoms. The van der Waals surface area contributed by atoms with Crippen molar-refractivity contribution in [3.63, 3.8) is 0 Å². The molecule has 0 fully saturated rings. The van der Waals surface area contributed by atoms with Crippen molar-refractivity contribution in [2.24, 2.45) is 5.92 Å². The van der Waals surface area contributed by atoms with Crippen molar-refractivity contribution < 1.29 is 4.79 Å². The highest BCUT2D eigenvalue weighted by molar-refractivity contribution is 6.05. The Morgan fingerprint density at radius 2 is 1.53 bits per heavy atom. The molecule has 0 saturated heterocycles. The summed E-state index contributed by atoms with van der Waals surface area (Å²) in [7, 11) is 0. The first-order valence-corrected chi connectivity index (χ1v) is 6.71. The molecule has 1 aliphatic carbocycles. The number of Topliss-reactive ketones (excluding diaryl/α,β-unsaturated/α-hetero) is 1. The van der Waals surface area contributed by atoms with E-state index in [2.05, 4.69) is 18.2 Å².